The summed E-state index contributed by atoms with van der Waals surface area (Å²) in [5.41, 5.74) is 5.66. The van der Waals surface area contributed by atoms with Crippen LogP contribution in [0.5, 0.6) is 0 Å². The second-order valence-corrected chi connectivity index (χ2v) is 5.22. The molecule has 1 aromatic rings. The summed E-state index contributed by atoms with van der Waals surface area (Å²) in [6.07, 6.45) is 4.20. The molecule has 0 unspecified atom stereocenters. The second kappa shape index (κ2) is 3.95. The van der Waals surface area contributed by atoms with E-state index in [1.54, 1.807) is 0 Å². The standard InChI is InChI=1S/C10H16N2OS/c1-10(2-4-14-5-3-10)8-7-12-9(6-11)13-8/h7H,2-6,11H2,1H3. The summed E-state index contributed by atoms with van der Waals surface area (Å²) in [6, 6.07) is 0. The monoisotopic (exact) mass is 212 g/mol. The molecule has 14 heavy (non-hydrogen) atoms. The molecule has 0 aliphatic carbocycles. The smallest absolute Gasteiger partial charge is 0.208 e. The summed E-state index contributed by atoms with van der Waals surface area (Å²) in [6.45, 7) is 2.65. The van der Waals surface area contributed by atoms with E-state index in [2.05, 4.69) is 11.9 Å². The summed E-state index contributed by atoms with van der Waals surface area (Å²) in [4.78, 5) is 4.16. The molecule has 1 aliphatic rings. The zero-order chi connectivity index (χ0) is 10.0. The lowest BCUT2D eigenvalue weighted by Gasteiger charge is -2.30. The number of hydrogen-bond donors (Lipinski definition) is 1. The van der Waals surface area contributed by atoms with Crippen LogP contribution in [0.15, 0.2) is 10.6 Å². The van der Waals surface area contributed by atoms with Gasteiger partial charge in [-0.05, 0) is 24.3 Å². The molecule has 0 spiro atoms. The molecule has 0 amide bonds. The van der Waals surface area contributed by atoms with Crippen molar-refractivity contribution in [2.45, 2.75) is 31.7 Å². The van der Waals surface area contributed by atoms with Gasteiger partial charge in [0.25, 0.3) is 0 Å². The average molecular weight is 212 g/mol. The van der Waals surface area contributed by atoms with E-state index in [1.165, 1.54) is 24.3 Å². The maximum Gasteiger partial charge on any atom is 0.208 e. The molecule has 3 nitrogen and oxygen atoms in total. The van der Waals surface area contributed by atoms with E-state index in [0.717, 1.165) is 5.76 Å². The van der Waals surface area contributed by atoms with E-state index in [9.17, 15) is 0 Å². The fourth-order valence-corrected chi connectivity index (χ4v) is 3.15. The lowest BCUT2D eigenvalue weighted by atomic mass is 9.82. The predicted molar refractivity (Wildman–Crippen MR) is 58.3 cm³/mol. The molecule has 0 aromatic carbocycles. The van der Waals surface area contributed by atoms with E-state index < -0.39 is 0 Å². The third-order valence-corrected chi connectivity index (χ3v) is 3.90. The summed E-state index contributed by atoms with van der Waals surface area (Å²) in [5.74, 6) is 4.10. The van der Waals surface area contributed by atoms with Crippen molar-refractivity contribution >= 4 is 11.8 Å². The van der Waals surface area contributed by atoms with Crippen LogP contribution in [-0.4, -0.2) is 16.5 Å². The van der Waals surface area contributed by atoms with Gasteiger partial charge in [-0.1, -0.05) is 6.92 Å². The molecule has 0 bridgehead atoms. The molecule has 2 heterocycles. The van der Waals surface area contributed by atoms with Gasteiger partial charge in [-0.25, -0.2) is 4.98 Å². The third-order valence-electron chi connectivity index (χ3n) is 2.92. The first-order valence-electron chi connectivity index (χ1n) is 4.97. The van der Waals surface area contributed by atoms with Crippen LogP contribution in [-0.2, 0) is 12.0 Å². The topological polar surface area (TPSA) is 52.0 Å². The Balaban J connectivity index is 2.19. The van der Waals surface area contributed by atoms with Crippen molar-refractivity contribution in [2.75, 3.05) is 11.5 Å². The first kappa shape index (κ1) is 10.1. The molecule has 0 radical (unpaired) electrons. The molecule has 78 valence electrons. The van der Waals surface area contributed by atoms with Crippen molar-refractivity contribution in [3.63, 3.8) is 0 Å². The highest BCUT2D eigenvalue weighted by Crippen LogP contribution is 2.37. The minimum absolute atomic E-state index is 0.186. The lowest BCUT2D eigenvalue weighted by molar-refractivity contribution is 0.325. The number of oxazole rings is 1. The normalized spacial score (nSPS) is 21.0. The van der Waals surface area contributed by atoms with Gasteiger partial charge < -0.3 is 10.2 Å². The van der Waals surface area contributed by atoms with Crippen molar-refractivity contribution in [2.24, 2.45) is 5.73 Å². The van der Waals surface area contributed by atoms with Crippen molar-refractivity contribution < 1.29 is 4.42 Å². The molecule has 4 heteroatoms. The van der Waals surface area contributed by atoms with E-state index >= 15 is 0 Å². The Morgan fingerprint density at radius 2 is 2.29 bits per heavy atom. The van der Waals surface area contributed by atoms with Gasteiger partial charge in [0.05, 0.1) is 12.7 Å². The van der Waals surface area contributed by atoms with Crippen molar-refractivity contribution in [1.29, 1.82) is 0 Å². The number of hydrogen-bond acceptors (Lipinski definition) is 4. The van der Waals surface area contributed by atoms with Crippen LogP contribution in [0.3, 0.4) is 0 Å². The average Bonchev–Trinajstić information content (AvgIpc) is 2.67. The Morgan fingerprint density at radius 3 is 2.86 bits per heavy atom. The Morgan fingerprint density at radius 1 is 1.57 bits per heavy atom. The highest BCUT2D eigenvalue weighted by atomic mass is 32.2. The predicted octanol–water partition coefficient (Wildman–Crippen LogP) is 1.92. The van der Waals surface area contributed by atoms with Crippen LogP contribution in [0, 0.1) is 0 Å². The Bertz CT molecular complexity index is 305. The van der Waals surface area contributed by atoms with E-state index in [0.29, 0.717) is 12.4 Å². The van der Waals surface area contributed by atoms with Crippen molar-refractivity contribution in [1.82, 2.24) is 4.98 Å². The van der Waals surface area contributed by atoms with Gasteiger partial charge in [0.1, 0.15) is 5.76 Å². The zero-order valence-electron chi connectivity index (χ0n) is 8.45. The molecule has 0 saturated carbocycles. The van der Waals surface area contributed by atoms with Crippen LogP contribution in [0.1, 0.15) is 31.4 Å². The summed E-state index contributed by atoms with van der Waals surface area (Å²) in [5, 5.41) is 0. The van der Waals surface area contributed by atoms with E-state index in [1.807, 2.05) is 18.0 Å². The van der Waals surface area contributed by atoms with Crippen LogP contribution in [0.4, 0.5) is 0 Å². The van der Waals surface area contributed by atoms with Crippen LogP contribution in [0.2, 0.25) is 0 Å². The quantitative estimate of drug-likeness (QED) is 0.813. The molecule has 2 rings (SSSR count). The lowest BCUT2D eigenvalue weighted by Crippen LogP contribution is -2.26. The van der Waals surface area contributed by atoms with E-state index in [-0.39, 0.29) is 5.41 Å². The minimum atomic E-state index is 0.186. The molecule has 1 aliphatic heterocycles. The maximum absolute atomic E-state index is 5.63. The Labute approximate surface area is 88.5 Å². The number of nitrogens with zero attached hydrogens (tertiary/aromatic N) is 1. The fourth-order valence-electron chi connectivity index (χ4n) is 1.75. The zero-order valence-corrected chi connectivity index (χ0v) is 9.27. The highest BCUT2D eigenvalue weighted by Gasteiger charge is 2.32. The SMILES string of the molecule is CC1(c2cnc(CN)o2)CCSCC1. The molecule has 1 fully saturated rings. The number of nitrogens with two attached hydrogens (primary N) is 1. The van der Waals surface area contributed by atoms with Gasteiger partial charge in [-0.2, -0.15) is 11.8 Å². The van der Waals surface area contributed by atoms with Gasteiger partial charge in [0.2, 0.25) is 5.89 Å². The second-order valence-electron chi connectivity index (χ2n) is 4.00. The molecule has 0 atom stereocenters. The molecular formula is C10H16N2OS. The number of rotatable bonds is 2. The first-order valence-corrected chi connectivity index (χ1v) is 6.13. The van der Waals surface area contributed by atoms with Crippen molar-refractivity contribution in [3.05, 3.63) is 17.8 Å². The molecule has 1 saturated heterocycles. The highest BCUT2D eigenvalue weighted by molar-refractivity contribution is 7.99. The Kier molecular flexibility index (Phi) is 2.83. The van der Waals surface area contributed by atoms with Gasteiger partial charge in [0, 0.05) is 5.41 Å². The van der Waals surface area contributed by atoms with Gasteiger partial charge in [-0.15, -0.1) is 0 Å². The number of aromatic nitrogens is 1. The van der Waals surface area contributed by atoms with E-state index in [4.69, 9.17) is 10.2 Å². The van der Waals surface area contributed by atoms with Gasteiger partial charge >= 0.3 is 0 Å². The summed E-state index contributed by atoms with van der Waals surface area (Å²) >= 11 is 2.02. The van der Waals surface area contributed by atoms with Gasteiger partial charge in [-0.3, -0.25) is 0 Å². The van der Waals surface area contributed by atoms with Gasteiger partial charge in [0.15, 0.2) is 0 Å². The largest absolute Gasteiger partial charge is 0.444 e. The van der Waals surface area contributed by atoms with Crippen LogP contribution < -0.4 is 5.73 Å². The summed E-state index contributed by atoms with van der Waals surface area (Å²) < 4.78 is 5.63. The number of thioether (sulfide) groups is 1. The molecule has 1 aromatic heterocycles. The maximum atomic E-state index is 5.63. The minimum Gasteiger partial charge on any atom is -0.444 e. The third kappa shape index (κ3) is 1.81. The van der Waals surface area contributed by atoms with Crippen LogP contribution >= 0.6 is 11.8 Å². The molecular weight excluding hydrogens is 196 g/mol. The first-order chi connectivity index (χ1) is 6.74. The van der Waals surface area contributed by atoms with Crippen molar-refractivity contribution in [3.8, 4) is 0 Å². The summed E-state index contributed by atoms with van der Waals surface area (Å²) in [7, 11) is 0. The molecule has 2 N–H and O–H groups in total. The Hall–Kier alpha value is -0.480. The fraction of sp³-hybridized carbons (Fsp3) is 0.700. The van der Waals surface area contributed by atoms with Crippen LogP contribution in [0.25, 0.3) is 0 Å².